The Labute approximate surface area is 412 Å². The van der Waals surface area contributed by atoms with Crippen LogP contribution in [0.15, 0.2) is 91.1 Å². The van der Waals surface area contributed by atoms with Gasteiger partial charge in [-0.3, -0.25) is 24.1 Å². The molecule has 3 amide bonds. The van der Waals surface area contributed by atoms with Crippen molar-refractivity contribution in [2.75, 3.05) is 40.3 Å². The van der Waals surface area contributed by atoms with E-state index >= 15 is 8.78 Å². The average molecular weight is 994 g/mol. The van der Waals surface area contributed by atoms with Crippen LogP contribution in [0.3, 0.4) is 0 Å². The Morgan fingerprint density at radius 3 is 2.09 bits per heavy atom. The molecule has 362 valence electrons. The summed E-state index contributed by atoms with van der Waals surface area (Å²) in [6.45, 7) is 3.17. The highest BCUT2D eigenvalue weighted by atomic mass is 35.5. The number of likely N-dealkylation sites (N-methyl/N-ethyl adjacent to an activating group) is 2. The summed E-state index contributed by atoms with van der Waals surface area (Å²) in [5.41, 5.74) is 2.02. The molecule has 7 rings (SSSR count). The Balaban J connectivity index is 0.00000761. The second-order valence-corrected chi connectivity index (χ2v) is 18.6. The minimum Gasteiger partial charge on any atom is -0.457 e. The molecule has 0 aliphatic carbocycles. The van der Waals surface area contributed by atoms with E-state index in [1.807, 2.05) is 42.5 Å². The van der Waals surface area contributed by atoms with Crippen molar-refractivity contribution in [3.8, 4) is 22.8 Å². The van der Waals surface area contributed by atoms with E-state index in [2.05, 4.69) is 9.88 Å². The first-order valence-electron chi connectivity index (χ1n) is 22.5. The number of ketones is 1. The molecule has 5 aromatic rings. The summed E-state index contributed by atoms with van der Waals surface area (Å²) in [5.74, 6) is -5.11. The SMILES string of the molecule is C[C@H]1C(=O)C[C@@H](CO)C(=O)N(C)[C@H](Cc2ccc(Cl)cc2)CN(C)C(=O)[C@H](Cc2ccccc2)CC(=O)N1Cc1ccc(Cl)cc1Oc1cc(F)c(-c2cnc(CN3CCCC3)n2C)c(F)c1.Cl. The molecular weight excluding hydrogens is 937 g/mol. The number of ether oxygens (including phenoxy) is 1. The molecule has 0 saturated carbocycles. The first-order valence-corrected chi connectivity index (χ1v) is 23.3. The Kier molecular flexibility index (Phi) is 17.8. The van der Waals surface area contributed by atoms with Gasteiger partial charge in [0.2, 0.25) is 17.7 Å². The van der Waals surface area contributed by atoms with Crippen molar-refractivity contribution in [1.29, 1.82) is 0 Å². The Morgan fingerprint density at radius 2 is 1.43 bits per heavy atom. The second-order valence-electron chi connectivity index (χ2n) is 17.7. The van der Waals surface area contributed by atoms with Crippen molar-refractivity contribution in [3.63, 3.8) is 0 Å². The molecule has 3 heterocycles. The van der Waals surface area contributed by atoms with E-state index in [-0.39, 0.29) is 78.4 Å². The number of carbonyl (C=O) groups is 4. The lowest BCUT2D eigenvalue weighted by molar-refractivity contribution is -0.148. The van der Waals surface area contributed by atoms with Crippen molar-refractivity contribution >= 4 is 59.1 Å². The van der Waals surface area contributed by atoms with Gasteiger partial charge in [-0.05, 0) is 81.1 Å². The lowest BCUT2D eigenvalue weighted by atomic mass is 9.91. The third-order valence-corrected chi connectivity index (χ3v) is 13.5. The van der Waals surface area contributed by atoms with Crippen LogP contribution < -0.4 is 4.74 Å². The predicted molar refractivity (Wildman–Crippen MR) is 260 cm³/mol. The lowest BCUT2D eigenvalue weighted by Crippen LogP contribution is -2.52. The van der Waals surface area contributed by atoms with E-state index < -0.39 is 59.8 Å². The minimum absolute atomic E-state index is 0. The first kappa shape index (κ1) is 52.0. The number of aliphatic hydroxyl groups is 1. The maximum Gasteiger partial charge on any atom is 0.228 e. The molecule has 17 heteroatoms. The van der Waals surface area contributed by atoms with Crippen LogP contribution in [0.25, 0.3) is 11.3 Å². The number of halogens is 5. The van der Waals surface area contributed by atoms with Crippen LogP contribution >= 0.6 is 35.6 Å². The number of amides is 3. The fraction of sp³-hybridized carbons (Fsp3) is 0.392. The monoisotopic (exact) mass is 992 g/mol. The van der Waals surface area contributed by atoms with Crippen LogP contribution in [0.4, 0.5) is 8.78 Å². The van der Waals surface area contributed by atoms with Gasteiger partial charge in [0, 0.05) is 68.3 Å². The van der Waals surface area contributed by atoms with Crippen LogP contribution in [0, 0.1) is 23.5 Å². The van der Waals surface area contributed by atoms with E-state index in [0.717, 1.165) is 49.2 Å². The van der Waals surface area contributed by atoms with E-state index in [9.17, 15) is 24.3 Å². The molecule has 4 aromatic carbocycles. The van der Waals surface area contributed by atoms with Crippen LogP contribution in [-0.2, 0) is 52.2 Å². The van der Waals surface area contributed by atoms with Crippen LogP contribution in [0.2, 0.25) is 10.0 Å². The first-order chi connectivity index (χ1) is 32.1. The van der Waals surface area contributed by atoms with Gasteiger partial charge in [0.1, 0.15) is 29.0 Å². The number of imidazole rings is 1. The third-order valence-electron chi connectivity index (χ3n) is 13.0. The van der Waals surface area contributed by atoms with Gasteiger partial charge in [0.15, 0.2) is 5.78 Å². The normalized spacial score (nSPS) is 20.2. The Hall–Kier alpha value is -5.38. The third kappa shape index (κ3) is 12.4. The largest absolute Gasteiger partial charge is 0.457 e. The zero-order chi connectivity index (χ0) is 47.9. The molecule has 0 bridgehead atoms. The Bertz CT molecular complexity index is 2550. The summed E-state index contributed by atoms with van der Waals surface area (Å²) in [4.78, 5) is 68.9. The van der Waals surface area contributed by atoms with E-state index in [0.29, 0.717) is 29.4 Å². The van der Waals surface area contributed by atoms with Crippen molar-refractivity contribution in [2.24, 2.45) is 18.9 Å². The highest BCUT2D eigenvalue weighted by molar-refractivity contribution is 6.31. The van der Waals surface area contributed by atoms with Crippen LogP contribution in [0.1, 0.15) is 55.1 Å². The van der Waals surface area contributed by atoms with Gasteiger partial charge >= 0.3 is 0 Å². The van der Waals surface area contributed by atoms with Gasteiger partial charge in [-0.25, -0.2) is 13.8 Å². The fourth-order valence-corrected chi connectivity index (χ4v) is 9.31. The summed E-state index contributed by atoms with van der Waals surface area (Å²) in [6.07, 6.45) is 3.51. The van der Waals surface area contributed by atoms with Crippen LogP contribution in [-0.4, -0.2) is 110 Å². The van der Waals surface area contributed by atoms with Gasteiger partial charge in [0.25, 0.3) is 0 Å². The Morgan fingerprint density at radius 1 is 0.779 bits per heavy atom. The van der Waals surface area contributed by atoms with Crippen molar-refractivity contribution in [3.05, 3.63) is 135 Å². The number of carbonyl (C=O) groups excluding carboxylic acids is 4. The highest BCUT2D eigenvalue weighted by Gasteiger charge is 2.37. The van der Waals surface area contributed by atoms with Gasteiger partial charge in [-0.1, -0.05) is 71.7 Å². The molecule has 12 nitrogen and oxygen atoms in total. The smallest absolute Gasteiger partial charge is 0.228 e. The number of rotatable bonds is 12. The zero-order valence-electron chi connectivity index (χ0n) is 38.5. The quantitative estimate of drug-likeness (QED) is 0.132. The average Bonchev–Trinajstić information content (AvgIpc) is 3.96. The van der Waals surface area contributed by atoms with Gasteiger partial charge in [-0.15, -0.1) is 12.4 Å². The summed E-state index contributed by atoms with van der Waals surface area (Å²) < 4.78 is 39.8. The molecule has 4 atom stereocenters. The summed E-state index contributed by atoms with van der Waals surface area (Å²) in [7, 11) is 4.96. The maximum atomic E-state index is 16.0. The molecule has 0 unspecified atom stereocenters. The van der Waals surface area contributed by atoms with E-state index in [4.69, 9.17) is 27.9 Å². The van der Waals surface area contributed by atoms with Crippen LogP contribution in [0.5, 0.6) is 11.5 Å². The zero-order valence-corrected chi connectivity index (χ0v) is 40.9. The summed E-state index contributed by atoms with van der Waals surface area (Å²) in [5, 5.41) is 11.3. The predicted octanol–water partition coefficient (Wildman–Crippen LogP) is 8.56. The molecule has 0 radical (unpaired) electrons. The molecular formula is C51H57Cl3F2N6O6. The number of hydrogen-bond donors (Lipinski definition) is 1. The van der Waals surface area contributed by atoms with Crippen molar-refractivity contribution in [1.82, 2.24) is 29.2 Å². The van der Waals surface area contributed by atoms with Gasteiger partial charge in [-0.2, -0.15) is 0 Å². The molecule has 1 aromatic heterocycles. The number of likely N-dealkylation sites (tertiary alicyclic amines) is 1. The summed E-state index contributed by atoms with van der Waals surface area (Å²) in [6, 6.07) is 21.4. The maximum absolute atomic E-state index is 16.0. The molecule has 2 saturated heterocycles. The van der Waals surface area contributed by atoms with E-state index in [1.165, 1.54) is 33.9 Å². The highest BCUT2D eigenvalue weighted by Crippen LogP contribution is 2.36. The minimum atomic E-state index is -1.16. The molecule has 1 N–H and O–H groups in total. The topological polar surface area (TPSA) is 129 Å². The molecule has 2 fully saturated rings. The fourth-order valence-electron chi connectivity index (χ4n) is 9.02. The van der Waals surface area contributed by atoms with Gasteiger partial charge < -0.3 is 29.1 Å². The van der Waals surface area contributed by atoms with Gasteiger partial charge in [0.05, 0.1) is 61.1 Å². The van der Waals surface area contributed by atoms with Crippen molar-refractivity contribution in [2.45, 2.75) is 70.6 Å². The second kappa shape index (κ2) is 23.3. The number of nitrogens with zero attached hydrogens (tertiary/aromatic N) is 6. The number of hydrogen-bond acceptors (Lipinski definition) is 8. The number of aliphatic hydroxyl groups excluding tert-OH is 1. The number of aromatic nitrogens is 2. The summed E-state index contributed by atoms with van der Waals surface area (Å²) >= 11 is 12.6. The van der Waals surface area contributed by atoms with E-state index in [1.54, 1.807) is 50.0 Å². The standard InChI is InChI=1S/C51H56Cl2F2N6O6.ClH/c1-32-45(63)22-37(31-62)51(66)58(3)40(21-34-12-15-38(52)16-13-34)29-57(2)50(65)36(20-33-10-6-5-7-11-33)23-48(64)61(32)28-35-14-17-39(53)24-46(35)67-41-25-42(54)49(43(55)26-41)44-27-56-47(59(44)4)30-60-18-8-9-19-60;/h5-7,10-17,24-27,32,36-37,40,62H,8-9,18-23,28-31H2,1-4H3;1H/t32-,36+,37-,40+;/m0./s1. The molecule has 2 aliphatic rings. The molecule has 68 heavy (non-hydrogen) atoms. The van der Waals surface area contributed by atoms with Crippen molar-refractivity contribution < 1.29 is 37.8 Å². The number of benzene rings is 4. The number of Topliss-reactive ketones (excluding diaryl/α,β-unsaturated/α-hetero) is 1. The molecule has 2 aliphatic heterocycles. The lowest BCUT2D eigenvalue weighted by Gasteiger charge is -2.36. The molecule has 0 spiro atoms.